The largest absolute Gasteiger partial charge is 0.354 e. The van der Waals surface area contributed by atoms with Gasteiger partial charge in [-0.1, -0.05) is 72.8 Å². The van der Waals surface area contributed by atoms with Crippen molar-refractivity contribution in [1.29, 1.82) is 0 Å². The first kappa shape index (κ1) is 20.8. The molecule has 0 saturated carbocycles. The van der Waals surface area contributed by atoms with Crippen LogP contribution in [0.4, 0.5) is 5.95 Å². The molecule has 0 unspecified atom stereocenters. The second-order valence-corrected chi connectivity index (χ2v) is 8.14. The Bertz CT molecular complexity index is 1200. The number of H-pyrrole nitrogens is 1. The Morgan fingerprint density at radius 1 is 0.903 bits per heavy atom. The lowest BCUT2D eigenvalue weighted by Gasteiger charge is -2.25. The van der Waals surface area contributed by atoms with Crippen molar-refractivity contribution >= 4 is 16.7 Å². The smallest absolute Gasteiger partial charge is 0.274 e. The molecule has 0 radical (unpaired) electrons. The lowest BCUT2D eigenvalue weighted by molar-refractivity contribution is 0.303. The number of rotatable bonds is 8. The summed E-state index contributed by atoms with van der Waals surface area (Å²) in [6, 6.07) is 27.0. The molecule has 3 aromatic carbocycles. The van der Waals surface area contributed by atoms with Crippen LogP contribution in [0, 0.1) is 0 Å². The highest BCUT2D eigenvalue weighted by Crippen LogP contribution is 2.17. The molecule has 4 aromatic rings. The van der Waals surface area contributed by atoms with Gasteiger partial charge in [0.2, 0.25) is 5.95 Å². The molecular weight excluding hydrogens is 384 g/mol. The highest BCUT2D eigenvalue weighted by atomic mass is 16.1. The fourth-order valence-electron chi connectivity index (χ4n) is 3.79. The van der Waals surface area contributed by atoms with Gasteiger partial charge >= 0.3 is 0 Å². The number of anilines is 1. The molecule has 5 nitrogen and oxygen atoms in total. The average Bonchev–Trinajstić information content (AvgIpc) is 2.76. The van der Waals surface area contributed by atoms with Crippen molar-refractivity contribution in [2.24, 2.45) is 0 Å². The van der Waals surface area contributed by atoms with Crippen LogP contribution in [0.3, 0.4) is 0 Å². The van der Waals surface area contributed by atoms with Gasteiger partial charge in [-0.05, 0) is 42.4 Å². The zero-order chi connectivity index (χ0) is 21.6. The van der Waals surface area contributed by atoms with Crippen LogP contribution in [0.25, 0.3) is 10.8 Å². The normalized spacial score (nSPS) is 12.2. The van der Waals surface area contributed by atoms with Gasteiger partial charge in [0, 0.05) is 30.8 Å². The Labute approximate surface area is 182 Å². The molecule has 1 heterocycles. The third-order valence-electron chi connectivity index (χ3n) is 5.56. The maximum Gasteiger partial charge on any atom is 0.274 e. The summed E-state index contributed by atoms with van der Waals surface area (Å²) in [7, 11) is 4.14. The number of nitrogens with zero attached hydrogens (tertiary/aromatic N) is 2. The minimum Gasteiger partial charge on any atom is -0.354 e. The topological polar surface area (TPSA) is 61.0 Å². The van der Waals surface area contributed by atoms with Crippen LogP contribution >= 0.6 is 0 Å². The number of likely N-dealkylation sites (N-methyl/N-ethyl adjacent to an activating group) is 1. The van der Waals surface area contributed by atoms with Gasteiger partial charge in [-0.3, -0.25) is 4.79 Å². The van der Waals surface area contributed by atoms with Crippen molar-refractivity contribution in [1.82, 2.24) is 14.9 Å². The van der Waals surface area contributed by atoms with E-state index >= 15 is 0 Å². The Balaban J connectivity index is 1.47. The lowest BCUT2D eigenvalue weighted by atomic mass is 10.0. The quantitative estimate of drug-likeness (QED) is 0.457. The van der Waals surface area contributed by atoms with E-state index in [1.807, 2.05) is 18.2 Å². The molecular formula is C26H28N4O. The van der Waals surface area contributed by atoms with E-state index in [0.717, 1.165) is 17.7 Å². The molecule has 1 atom stereocenters. The van der Waals surface area contributed by atoms with Crippen molar-refractivity contribution in [3.8, 4) is 0 Å². The zero-order valence-corrected chi connectivity index (χ0v) is 18.0. The number of aromatic nitrogens is 2. The standard InChI is InChI=1S/C26H28N4O/c1-30(2)24(16-19-8-4-3-5-9-19)18-27-26-28-23(17-25(31)29-26)15-20-12-13-21-10-6-7-11-22(21)14-20/h3-14,17,24H,15-16,18H2,1-2H3,(H2,27,28,29,31)/t24-/m1/s1. The van der Waals surface area contributed by atoms with Crippen LogP contribution in [-0.4, -0.2) is 41.5 Å². The van der Waals surface area contributed by atoms with E-state index in [9.17, 15) is 4.79 Å². The maximum absolute atomic E-state index is 12.2. The highest BCUT2D eigenvalue weighted by Gasteiger charge is 2.13. The maximum atomic E-state index is 12.2. The first-order valence-electron chi connectivity index (χ1n) is 10.6. The Hall–Kier alpha value is -3.44. The third-order valence-corrected chi connectivity index (χ3v) is 5.56. The molecule has 2 N–H and O–H groups in total. The van der Waals surface area contributed by atoms with Gasteiger partial charge in [-0.2, -0.15) is 4.98 Å². The van der Waals surface area contributed by atoms with E-state index in [2.05, 4.69) is 88.9 Å². The monoisotopic (exact) mass is 412 g/mol. The molecule has 5 heteroatoms. The number of benzene rings is 3. The predicted molar refractivity (Wildman–Crippen MR) is 128 cm³/mol. The van der Waals surface area contributed by atoms with Crippen molar-refractivity contribution in [3.63, 3.8) is 0 Å². The fraction of sp³-hybridized carbons (Fsp3) is 0.231. The summed E-state index contributed by atoms with van der Waals surface area (Å²) in [4.78, 5) is 21.8. The number of hydrogen-bond acceptors (Lipinski definition) is 4. The van der Waals surface area contributed by atoms with Crippen LogP contribution in [-0.2, 0) is 12.8 Å². The number of aromatic amines is 1. The molecule has 4 rings (SSSR count). The van der Waals surface area contributed by atoms with Gasteiger partial charge in [-0.25, -0.2) is 0 Å². The van der Waals surface area contributed by atoms with Gasteiger partial charge in [0.15, 0.2) is 0 Å². The molecule has 0 aliphatic heterocycles. The Morgan fingerprint density at radius 2 is 1.65 bits per heavy atom. The molecule has 0 saturated heterocycles. The van der Waals surface area contributed by atoms with Gasteiger partial charge in [-0.15, -0.1) is 0 Å². The van der Waals surface area contributed by atoms with E-state index in [0.29, 0.717) is 18.9 Å². The molecule has 0 bridgehead atoms. The number of nitrogens with one attached hydrogen (secondary N) is 2. The minimum atomic E-state index is -0.235. The predicted octanol–water partition coefficient (Wildman–Crippen LogP) is 4.10. The van der Waals surface area contributed by atoms with Crippen molar-refractivity contribution < 1.29 is 0 Å². The highest BCUT2D eigenvalue weighted by molar-refractivity contribution is 5.83. The summed E-state index contributed by atoms with van der Waals surface area (Å²) in [5.74, 6) is 0.517. The number of fused-ring (bicyclic) bond motifs is 1. The van der Waals surface area contributed by atoms with E-state index < -0.39 is 0 Å². The summed E-state index contributed by atoms with van der Waals surface area (Å²) in [6.45, 7) is 0.685. The van der Waals surface area contributed by atoms with Crippen LogP contribution in [0.5, 0.6) is 0 Å². The summed E-state index contributed by atoms with van der Waals surface area (Å²) in [5.41, 5.74) is 3.06. The van der Waals surface area contributed by atoms with E-state index in [1.165, 1.54) is 16.3 Å². The fourth-order valence-corrected chi connectivity index (χ4v) is 3.79. The van der Waals surface area contributed by atoms with Crippen LogP contribution < -0.4 is 10.9 Å². The molecule has 1 aromatic heterocycles. The summed E-state index contributed by atoms with van der Waals surface area (Å²) in [5, 5.41) is 5.75. The van der Waals surface area contributed by atoms with Gasteiger partial charge in [0.25, 0.3) is 5.56 Å². The molecule has 0 amide bonds. The minimum absolute atomic E-state index is 0.235. The molecule has 0 aliphatic carbocycles. The van der Waals surface area contributed by atoms with Crippen LogP contribution in [0.1, 0.15) is 16.8 Å². The Morgan fingerprint density at radius 3 is 2.42 bits per heavy atom. The van der Waals surface area contributed by atoms with Crippen molar-refractivity contribution in [3.05, 3.63) is 106 Å². The average molecular weight is 413 g/mol. The lowest BCUT2D eigenvalue weighted by Crippen LogP contribution is -2.37. The SMILES string of the molecule is CN(C)[C@@H](CNc1nc(=O)cc(Cc2ccc3ccccc3c2)[nH]1)Cc1ccccc1. The summed E-state index contributed by atoms with van der Waals surface area (Å²) < 4.78 is 0. The summed E-state index contributed by atoms with van der Waals surface area (Å²) in [6.07, 6.45) is 1.57. The van der Waals surface area contributed by atoms with Gasteiger partial charge in [0.1, 0.15) is 0 Å². The Kier molecular flexibility index (Phi) is 6.43. The molecule has 31 heavy (non-hydrogen) atoms. The van der Waals surface area contributed by atoms with Crippen LogP contribution in [0.15, 0.2) is 83.7 Å². The number of hydrogen-bond donors (Lipinski definition) is 2. The third kappa shape index (κ3) is 5.58. The second kappa shape index (κ2) is 9.58. The summed E-state index contributed by atoms with van der Waals surface area (Å²) >= 11 is 0. The zero-order valence-electron chi connectivity index (χ0n) is 18.0. The van der Waals surface area contributed by atoms with E-state index in [1.54, 1.807) is 6.07 Å². The molecule has 158 valence electrons. The second-order valence-electron chi connectivity index (χ2n) is 8.14. The van der Waals surface area contributed by atoms with Crippen LogP contribution in [0.2, 0.25) is 0 Å². The van der Waals surface area contributed by atoms with Crippen molar-refractivity contribution in [2.45, 2.75) is 18.9 Å². The van der Waals surface area contributed by atoms with Crippen molar-refractivity contribution in [2.75, 3.05) is 26.0 Å². The van der Waals surface area contributed by atoms with E-state index in [-0.39, 0.29) is 11.6 Å². The molecule has 0 fully saturated rings. The van der Waals surface area contributed by atoms with Gasteiger partial charge in [0.05, 0.1) is 0 Å². The van der Waals surface area contributed by atoms with E-state index in [4.69, 9.17) is 0 Å². The molecule has 0 aliphatic rings. The first-order valence-corrected chi connectivity index (χ1v) is 10.6. The first-order chi connectivity index (χ1) is 15.1. The van der Waals surface area contributed by atoms with Gasteiger partial charge < -0.3 is 15.2 Å². The molecule has 0 spiro atoms.